The Labute approximate surface area is 127 Å². The van der Waals surface area contributed by atoms with Crippen LogP contribution in [0.4, 0.5) is 0 Å². The van der Waals surface area contributed by atoms with Crippen molar-refractivity contribution in [3.8, 4) is 0 Å². The highest BCUT2D eigenvalue weighted by Gasteiger charge is 2.25. The van der Waals surface area contributed by atoms with Crippen molar-refractivity contribution in [1.29, 1.82) is 0 Å². The molecular formula is C16H17N5O. The van der Waals surface area contributed by atoms with E-state index >= 15 is 0 Å². The third-order valence-electron chi connectivity index (χ3n) is 4.04. The highest BCUT2D eigenvalue weighted by Crippen LogP contribution is 2.28. The van der Waals surface area contributed by atoms with E-state index in [9.17, 15) is 4.79 Å². The number of rotatable bonds is 3. The first-order valence-corrected chi connectivity index (χ1v) is 7.49. The number of aromatic amines is 1. The first kappa shape index (κ1) is 13.1. The van der Waals surface area contributed by atoms with Crippen LogP contribution in [0.5, 0.6) is 0 Å². The maximum absolute atomic E-state index is 12.1. The second-order valence-electron chi connectivity index (χ2n) is 5.83. The fourth-order valence-corrected chi connectivity index (χ4v) is 2.61. The average molecular weight is 295 g/mol. The van der Waals surface area contributed by atoms with Gasteiger partial charge in [0, 0.05) is 29.4 Å². The van der Waals surface area contributed by atoms with Gasteiger partial charge in [-0.15, -0.1) is 0 Å². The Kier molecular flexibility index (Phi) is 2.96. The van der Waals surface area contributed by atoms with Gasteiger partial charge in [-0.2, -0.15) is 0 Å². The molecular weight excluding hydrogens is 278 g/mol. The zero-order chi connectivity index (χ0) is 15.1. The summed E-state index contributed by atoms with van der Waals surface area (Å²) in [5.74, 6) is 1.12. The van der Waals surface area contributed by atoms with E-state index in [4.69, 9.17) is 0 Å². The zero-order valence-corrected chi connectivity index (χ0v) is 12.3. The Morgan fingerprint density at radius 2 is 2.32 bits per heavy atom. The standard InChI is InChI=1S/C16H17N5O/c1-9-12(11-3-2-6-17-14(11)19-9)7-13-15(22)21-16(20-13)18-8-10-4-5-10/h2-3,6-7,10H,4-5,8H2,1H3,(H,17,19)(H2,18,20,21,22)/b13-7-. The molecule has 112 valence electrons. The number of aryl methyl sites for hydroxylation is 1. The summed E-state index contributed by atoms with van der Waals surface area (Å²) in [6.07, 6.45) is 6.09. The van der Waals surface area contributed by atoms with Crippen LogP contribution in [-0.4, -0.2) is 28.4 Å². The van der Waals surface area contributed by atoms with Crippen molar-refractivity contribution in [3.63, 3.8) is 0 Å². The lowest BCUT2D eigenvalue weighted by atomic mass is 10.1. The molecule has 2 aromatic rings. The molecule has 6 nitrogen and oxygen atoms in total. The molecule has 3 heterocycles. The third-order valence-corrected chi connectivity index (χ3v) is 4.04. The molecule has 1 aliphatic heterocycles. The molecule has 0 bridgehead atoms. The van der Waals surface area contributed by atoms with Gasteiger partial charge in [0.1, 0.15) is 11.3 Å². The molecule has 1 amide bonds. The minimum atomic E-state index is -0.170. The molecule has 1 fully saturated rings. The maximum Gasteiger partial charge on any atom is 0.276 e. The second-order valence-corrected chi connectivity index (χ2v) is 5.83. The number of H-pyrrole nitrogens is 1. The summed E-state index contributed by atoms with van der Waals surface area (Å²) >= 11 is 0. The Hall–Kier alpha value is -2.63. The van der Waals surface area contributed by atoms with Gasteiger partial charge in [-0.1, -0.05) is 0 Å². The normalized spacial score (nSPS) is 19.6. The fourth-order valence-electron chi connectivity index (χ4n) is 2.61. The summed E-state index contributed by atoms with van der Waals surface area (Å²) in [4.78, 5) is 23.9. The van der Waals surface area contributed by atoms with Gasteiger partial charge in [-0.05, 0) is 43.9 Å². The lowest BCUT2D eigenvalue weighted by molar-refractivity contribution is -0.115. The van der Waals surface area contributed by atoms with E-state index < -0.39 is 0 Å². The zero-order valence-electron chi connectivity index (χ0n) is 12.3. The van der Waals surface area contributed by atoms with Crippen molar-refractivity contribution in [3.05, 3.63) is 35.3 Å². The first-order valence-electron chi connectivity index (χ1n) is 7.49. The molecule has 0 atom stereocenters. The molecule has 0 unspecified atom stereocenters. The van der Waals surface area contributed by atoms with Gasteiger partial charge in [0.2, 0.25) is 5.96 Å². The summed E-state index contributed by atoms with van der Waals surface area (Å²) in [5.41, 5.74) is 3.18. The van der Waals surface area contributed by atoms with Gasteiger partial charge in [0.15, 0.2) is 0 Å². The van der Waals surface area contributed by atoms with Crippen LogP contribution in [-0.2, 0) is 4.79 Å². The van der Waals surface area contributed by atoms with E-state index in [2.05, 4.69) is 25.6 Å². The van der Waals surface area contributed by atoms with Gasteiger partial charge in [-0.25, -0.2) is 9.98 Å². The monoisotopic (exact) mass is 295 g/mol. The Morgan fingerprint density at radius 1 is 1.45 bits per heavy atom. The van der Waals surface area contributed by atoms with Gasteiger partial charge < -0.3 is 10.3 Å². The number of fused-ring (bicyclic) bond motifs is 1. The molecule has 6 heteroatoms. The number of nitrogens with zero attached hydrogens (tertiary/aromatic N) is 2. The number of carbonyl (C=O) groups is 1. The van der Waals surface area contributed by atoms with E-state index in [-0.39, 0.29) is 5.91 Å². The van der Waals surface area contributed by atoms with Crippen molar-refractivity contribution < 1.29 is 4.79 Å². The van der Waals surface area contributed by atoms with Crippen LogP contribution in [0.25, 0.3) is 17.1 Å². The minimum absolute atomic E-state index is 0.170. The summed E-state index contributed by atoms with van der Waals surface area (Å²) < 4.78 is 0. The van der Waals surface area contributed by atoms with E-state index in [1.165, 1.54) is 12.8 Å². The maximum atomic E-state index is 12.1. The Morgan fingerprint density at radius 3 is 3.14 bits per heavy atom. The van der Waals surface area contributed by atoms with Crippen LogP contribution in [0.15, 0.2) is 29.0 Å². The lowest BCUT2D eigenvalue weighted by Gasteiger charge is -2.02. The topological polar surface area (TPSA) is 82.2 Å². The van der Waals surface area contributed by atoms with Crippen LogP contribution in [0, 0.1) is 12.8 Å². The number of aromatic nitrogens is 2. The van der Waals surface area contributed by atoms with E-state index in [0.717, 1.165) is 34.8 Å². The number of pyridine rings is 1. The predicted octanol–water partition coefficient (Wildman–Crippen LogP) is 1.70. The summed E-state index contributed by atoms with van der Waals surface area (Å²) in [5, 5.41) is 6.96. The number of aliphatic imine (C=N–C) groups is 1. The lowest BCUT2D eigenvalue weighted by Crippen LogP contribution is -2.37. The van der Waals surface area contributed by atoms with Gasteiger partial charge in [-0.3, -0.25) is 10.1 Å². The van der Waals surface area contributed by atoms with Crippen LogP contribution in [0.2, 0.25) is 0 Å². The molecule has 2 aromatic heterocycles. The smallest absolute Gasteiger partial charge is 0.276 e. The Bertz CT molecular complexity index is 813. The van der Waals surface area contributed by atoms with Crippen molar-refractivity contribution in [2.24, 2.45) is 10.9 Å². The number of carbonyl (C=O) groups excluding carboxylic acids is 1. The molecule has 3 N–H and O–H groups in total. The fraction of sp³-hybridized carbons (Fsp3) is 0.312. The number of hydrogen-bond acceptors (Lipinski definition) is 4. The molecule has 22 heavy (non-hydrogen) atoms. The van der Waals surface area contributed by atoms with E-state index in [0.29, 0.717) is 11.7 Å². The minimum Gasteiger partial charge on any atom is -0.355 e. The quantitative estimate of drug-likeness (QED) is 0.754. The van der Waals surface area contributed by atoms with Crippen LogP contribution < -0.4 is 10.6 Å². The summed E-state index contributed by atoms with van der Waals surface area (Å²) in [6, 6.07) is 3.87. The Balaban J connectivity index is 1.65. The molecule has 0 saturated heterocycles. The number of guanidine groups is 1. The largest absolute Gasteiger partial charge is 0.355 e. The van der Waals surface area contributed by atoms with E-state index in [1.807, 2.05) is 25.1 Å². The molecule has 0 aromatic carbocycles. The predicted molar refractivity (Wildman–Crippen MR) is 85.1 cm³/mol. The molecule has 0 spiro atoms. The molecule has 1 saturated carbocycles. The summed E-state index contributed by atoms with van der Waals surface area (Å²) in [7, 11) is 0. The van der Waals surface area contributed by atoms with Crippen molar-refractivity contribution in [2.45, 2.75) is 19.8 Å². The van der Waals surface area contributed by atoms with Crippen molar-refractivity contribution >= 4 is 29.0 Å². The third kappa shape index (κ3) is 2.36. The second kappa shape index (κ2) is 4.98. The van der Waals surface area contributed by atoms with Crippen molar-refractivity contribution in [2.75, 3.05) is 6.54 Å². The van der Waals surface area contributed by atoms with Gasteiger partial charge in [0.05, 0.1) is 0 Å². The van der Waals surface area contributed by atoms with Crippen LogP contribution in [0.3, 0.4) is 0 Å². The molecule has 2 aliphatic rings. The van der Waals surface area contributed by atoms with E-state index in [1.54, 1.807) is 6.20 Å². The molecule has 1 aliphatic carbocycles. The number of hydrogen-bond donors (Lipinski definition) is 3. The van der Waals surface area contributed by atoms with Crippen LogP contribution >= 0.6 is 0 Å². The van der Waals surface area contributed by atoms with Gasteiger partial charge in [0.25, 0.3) is 5.91 Å². The SMILES string of the molecule is Cc1[nH]c2ncccc2c1/C=C1\N=C(NCC2CC2)NC1=O. The van der Waals surface area contributed by atoms with Crippen LogP contribution in [0.1, 0.15) is 24.1 Å². The highest BCUT2D eigenvalue weighted by molar-refractivity contribution is 6.14. The summed E-state index contributed by atoms with van der Waals surface area (Å²) in [6.45, 7) is 2.85. The first-order chi connectivity index (χ1) is 10.7. The number of amides is 1. The van der Waals surface area contributed by atoms with Gasteiger partial charge >= 0.3 is 0 Å². The molecule has 0 radical (unpaired) electrons. The highest BCUT2D eigenvalue weighted by atomic mass is 16.2. The molecule has 4 rings (SSSR count). The van der Waals surface area contributed by atoms with Crippen molar-refractivity contribution in [1.82, 2.24) is 20.6 Å². The number of nitrogens with one attached hydrogen (secondary N) is 3. The average Bonchev–Trinajstić information content (AvgIpc) is 3.20.